The second-order valence-corrected chi connectivity index (χ2v) is 6.17. The van der Waals surface area contributed by atoms with Crippen LogP contribution in [0.1, 0.15) is 20.3 Å². The third-order valence-electron chi connectivity index (χ3n) is 3.65. The first-order valence-corrected chi connectivity index (χ1v) is 8.03. The highest BCUT2D eigenvalue weighted by molar-refractivity contribution is 6.04. The molecule has 9 heteroatoms. The first-order chi connectivity index (χ1) is 12.8. The molecule has 0 unspecified atom stereocenters. The minimum Gasteiger partial charge on any atom is -0.496 e. The van der Waals surface area contributed by atoms with Gasteiger partial charge in [0.1, 0.15) is 17.7 Å². The van der Waals surface area contributed by atoms with Crippen LogP contribution in [0.2, 0.25) is 0 Å². The molecule has 2 rings (SSSR count). The van der Waals surface area contributed by atoms with Gasteiger partial charge in [0.25, 0.3) is 0 Å². The van der Waals surface area contributed by atoms with E-state index < -0.39 is 29.7 Å². The van der Waals surface area contributed by atoms with E-state index in [-0.39, 0.29) is 0 Å². The third-order valence-corrected chi connectivity index (χ3v) is 3.65. The molecule has 144 valence electrons. The van der Waals surface area contributed by atoms with Crippen LogP contribution in [0.25, 0.3) is 11.3 Å². The molecule has 0 saturated carbocycles. The average molecular weight is 375 g/mol. The van der Waals surface area contributed by atoms with Crippen molar-refractivity contribution in [2.45, 2.75) is 25.8 Å². The Kier molecular flexibility index (Phi) is 6.17. The highest BCUT2D eigenvalue weighted by Gasteiger charge is 2.30. The Morgan fingerprint density at radius 2 is 1.93 bits per heavy atom. The zero-order chi connectivity index (χ0) is 20.0. The predicted octanol–water partition coefficient (Wildman–Crippen LogP) is 1.75. The quantitative estimate of drug-likeness (QED) is 0.559. The summed E-state index contributed by atoms with van der Waals surface area (Å²) in [5, 5.41) is 5.06. The van der Waals surface area contributed by atoms with Crippen molar-refractivity contribution in [1.82, 2.24) is 10.3 Å². The van der Waals surface area contributed by atoms with E-state index in [1.54, 1.807) is 24.4 Å². The molecule has 0 spiro atoms. The number of nitrogens with one attached hydrogen (secondary N) is 2. The zero-order valence-corrected chi connectivity index (χ0v) is 15.5. The molecule has 1 heterocycles. The first-order valence-electron chi connectivity index (χ1n) is 8.03. The molecule has 0 atom stereocenters. The van der Waals surface area contributed by atoms with E-state index in [2.05, 4.69) is 20.4 Å². The predicted molar refractivity (Wildman–Crippen MR) is 96.0 cm³/mol. The van der Waals surface area contributed by atoms with Crippen molar-refractivity contribution in [2.24, 2.45) is 0 Å². The molecule has 0 aliphatic carbocycles. The highest BCUT2D eigenvalue weighted by Crippen LogP contribution is 2.32. The van der Waals surface area contributed by atoms with Gasteiger partial charge in [-0.3, -0.25) is 9.59 Å². The van der Waals surface area contributed by atoms with Crippen molar-refractivity contribution < 1.29 is 28.3 Å². The van der Waals surface area contributed by atoms with Crippen molar-refractivity contribution in [3.63, 3.8) is 0 Å². The second-order valence-electron chi connectivity index (χ2n) is 6.17. The van der Waals surface area contributed by atoms with Gasteiger partial charge in [-0.25, -0.2) is 9.78 Å². The van der Waals surface area contributed by atoms with Gasteiger partial charge in [0.15, 0.2) is 12.2 Å². The minimum absolute atomic E-state index is 0.445. The number of methoxy groups -OCH3 is 2. The van der Waals surface area contributed by atoms with Crippen LogP contribution < -0.4 is 15.4 Å². The summed E-state index contributed by atoms with van der Waals surface area (Å²) in [7, 11) is 2.71. The maximum absolute atomic E-state index is 12.1. The highest BCUT2D eigenvalue weighted by atomic mass is 16.5. The lowest BCUT2D eigenvalue weighted by Crippen LogP contribution is -2.50. The molecule has 0 radical (unpaired) electrons. The number of rotatable bonds is 7. The molecular formula is C18H21N3O6. The number of esters is 1. The van der Waals surface area contributed by atoms with Gasteiger partial charge < -0.3 is 24.5 Å². The van der Waals surface area contributed by atoms with Crippen LogP contribution >= 0.6 is 0 Å². The van der Waals surface area contributed by atoms with E-state index in [0.717, 1.165) is 0 Å². The van der Waals surface area contributed by atoms with E-state index in [0.29, 0.717) is 22.8 Å². The van der Waals surface area contributed by atoms with Gasteiger partial charge in [-0.1, -0.05) is 0 Å². The largest absolute Gasteiger partial charge is 0.496 e. The number of nitrogens with zero attached hydrogens (tertiary/aromatic N) is 1. The molecule has 2 N–H and O–H groups in total. The van der Waals surface area contributed by atoms with Crippen LogP contribution in [-0.4, -0.2) is 42.5 Å². The number of oxazole rings is 1. The molecule has 9 nitrogen and oxygen atoms in total. The van der Waals surface area contributed by atoms with E-state index in [4.69, 9.17) is 9.15 Å². The van der Waals surface area contributed by atoms with Crippen molar-refractivity contribution in [2.75, 3.05) is 19.5 Å². The van der Waals surface area contributed by atoms with E-state index >= 15 is 0 Å². The Labute approximate surface area is 156 Å². The summed E-state index contributed by atoms with van der Waals surface area (Å²) in [6.07, 6.45) is 2.40. The van der Waals surface area contributed by atoms with Gasteiger partial charge >= 0.3 is 5.97 Å². The second kappa shape index (κ2) is 8.35. The molecule has 2 amide bonds. The number of ether oxygens (including phenoxy) is 2. The summed E-state index contributed by atoms with van der Waals surface area (Å²) in [6, 6.07) is 4.95. The number of hydrogen-bond acceptors (Lipinski definition) is 7. The van der Waals surface area contributed by atoms with Crippen LogP contribution in [0, 0.1) is 0 Å². The fraction of sp³-hybridized carbons (Fsp3) is 0.333. The molecule has 0 aliphatic rings. The maximum atomic E-state index is 12.1. The summed E-state index contributed by atoms with van der Waals surface area (Å²) >= 11 is 0. The molecular weight excluding hydrogens is 354 g/mol. The third kappa shape index (κ3) is 5.06. The number of anilines is 1. The molecule has 0 aliphatic heterocycles. The van der Waals surface area contributed by atoms with Crippen LogP contribution in [0.4, 0.5) is 5.69 Å². The Morgan fingerprint density at radius 1 is 1.19 bits per heavy atom. The molecule has 0 fully saturated rings. The minimum atomic E-state index is -1.23. The average Bonchev–Trinajstić information content (AvgIpc) is 3.14. The van der Waals surface area contributed by atoms with Crippen LogP contribution in [-0.2, 0) is 19.1 Å². The monoisotopic (exact) mass is 375 g/mol. The van der Waals surface area contributed by atoms with Crippen molar-refractivity contribution >= 4 is 23.5 Å². The number of hydrogen-bond donors (Lipinski definition) is 2. The summed E-state index contributed by atoms with van der Waals surface area (Å²) in [5.41, 5.74) is -0.112. The van der Waals surface area contributed by atoms with Crippen LogP contribution in [0.3, 0.4) is 0 Å². The lowest BCUT2D eigenvalue weighted by Gasteiger charge is -2.22. The van der Waals surface area contributed by atoms with Crippen molar-refractivity contribution in [3.8, 4) is 17.1 Å². The Bertz CT molecular complexity index is 830. The number of carbonyl (C=O) groups excluding carboxylic acids is 3. The summed E-state index contributed by atoms with van der Waals surface area (Å²) in [4.78, 5) is 39.5. The lowest BCUT2D eigenvalue weighted by atomic mass is 10.1. The van der Waals surface area contributed by atoms with E-state index in [1.807, 2.05) is 0 Å². The summed E-state index contributed by atoms with van der Waals surface area (Å²) < 4.78 is 15.2. The first kappa shape index (κ1) is 20.0. The van der Waals surface area contributed by atoms with Gasteiger partial charge in [0.05, 0.1) is 26.0 Å². The Balaban J connectivity index is 2.01. The summed E-state index contributed by atoms with van der Waals surface area (Å²) in [6.45, 7) is 2.98. The fourth-order valence-corrected chi connectivity index (χ4v) is 2.37. The van der Waals surface area contributed by atoms with E-state index in [1.165, 1.54) is 34.5 Å². The zero-order valence-electron chi connectivity index (χ0n) is 15.5. The van der Waals surface area contributed by atoms with Crippen LogP contribution in [0.5, 0.6) is 5.75 Å². The Hall–Kier alpha value is -3.36. The fourth-order valence-electron chi connectivity index (χ4n) is 2.37. The Morgan fingerprint density at radius 3 is 2.52 bits per heavy atom. The van der Waals surface area contributed by atoms with E-state index in [9.17, 15) is 14.4 Å². The SMILES string of the molecule is COC(=O)C(C)(C)NC(=O)CC(=O)Nc1ccc(-c2cnco2)c(OC)c1. The molecule has 0 saturated heterocycles. The lowest BCUT2D eigenvalue weighted by molar-refractivity contribution is -0.149. The number of carbonyl (C=O) groups is 3. The van der Waals surface area contributed by atoms with Gasteiger partial charge in [0.2, 0.25) is 11.8 Å². The molecule has 0 bridgehead atoms. The topological polar surface area (TPSA) is 120 Å². The van der Waals surface area contributed by atoms with Gasteiger partial charge in [-0.05, 0) is 26.0 Å². The summed E-state index contributed by atoms with van der Waals surface area (Å²) in [5.74, 6) is -0.755. The number of amides is 2. The molecule has 1 aromatic carbocycles. The maximum Gasteiger partial charge on any atom is 0.330 e. The smallest absolute Gasteiger partial charge is 0.330 e. The molecule has 1 aromatic heterocycles. The van der Waals surface area contributed by atoms with Gasteiger partial charge in [0, 0.05) is 11.8 Å². The standard InChI is InChI=1S/C18H21N3O6/c1-18(2,17(24)26-4)21-16(23)8-15(22)20-11-5-6-12(13(7-11)25-3)14-9-19-10-27-14/h5-7,9-10H,8H2,1-4H3,(H,20,22)(H,21,23). The molecule has 27 heavy (non-hydrogen) atoms. The van der Waals surface area contributed by atoms with Crippen molar-refractivity contribution in [3.05, 3.63) is 30.8 Å². The van der Waals surface area contributed by atoms with Gasteiger partial charge in [-0.15, -0.1) is 0 Å². The number of aromatic nitrogens is 1. The van der Waals surface area contributed by atoms with Crippen LogP contribution in [0.15, 0.2) is 35.2 Å². The normalized spacial score (nSPS) is 10.8. The molecule has 2 aromatic rings. The van der Waals surface area contributed by atoms with Crippen molar-refractivity contribution in [1.29, 1.82) is 0 Å². The number of benzene rings is 1. The van der Waals surface area contributed by atoms with Gasteiger partial charge in [-0.2, -0.15) is 0 Å².